The van der Waals surface area contributed by atoms with E-state index in [2.05, 4.69) is 30.2 Å². The molecule has 0 saturated carbocycles. The summed E-state index contributed by atoms with van der Waals surface area (Å²) in [6, 6.07) is 2.23. The van der Waals surface area contributed by atoms with Crippen LogP contribution in [0, 0.1) is 13.8 Å². The first-order valence-electron chi connectivity index (χ1n) is 6.67. The van der Waals surface area contributed by atoms with Gasteiger partial charge in [0.15, 0.2) is 5.16 Å². The molecule has 0 spiro atoms. The highest BCUT2D eigenvalue weighted by Gasteiger charge is 2.10. The number of hydrogen-bond acceptors (Lipinski definition) is 8. The molecule has 2 rings (SSSR count). The molecule has 0 radical (unpaired) electrons. The summed E-state index contributed by atoms with van der Waals surface area (Å²) >= 11 is 1.29. The second-order valence-electron chi connectivity index (χ2n) is 4.36. The molecule has 0 bridgehead atoms. The molecule has 0 aromatic carbocycles. The van der Waals surface area contributed by atoms with Gasteiger partial charge in [0.1, 0.15) is 0 Å². The zero-order chi connectivity index (χ0) is 15.2. The van der Waals surface area contributed by atoms with Crippen LogP contribution in [0.15, 0.2) is 16.4 Å². The van der Waals surface area contributed by atoms with Crippen molar-refractivity contribution in [1.82, 2.24) is 24.9 Å². The zero-order valence-corrected chi connectivity index (χ0v) is 13.4. The van der Waals surface area contributed by atoms with Gasteiger partial charge in [-0.2, -0.15) is 15.0 Å². The molecular weight excluding hydrogens is 288 g/mol. The van der Waals surface area contributed by atoms with Crippen molar-refractivity contribution in [2.45, 2.75) is 37.5 Å². The lowest BCUT2D eigenvalue weighted by molar-refractivity contribution is 0.288. The van der Waals surface area contributed by atoms with Crippen LogP contribution in [0.4, 0.5) is 5.95 Å². The molecule has 2 aromatic heterocycles. The van der Waals surface area contributed by atoms with Gasteiger partial charge in [0.25, 0.3) is 0 Å². The minimum absolute atomic E-state index is 0.308. The summed E-state index contributed by atoms with van der Waals surface area (Å²) in [5.74, 6) is 0.461. The monoisotopic (exact) mass is 306 g/mol. The van der Waals surface area contributed by atoms with E-state index in [1.54, 1.807) is 7.05 Å². The van der Waals surface area contributed by atoms with Gasteiger partial charge in [-0.05, 0) is 38.1 Å². The average Bonchev–Trinajstić information content (AvgIpc) is 2.43. The normalized spacial score (nSPS) is 10.5. The first-order chi connectivity index (χ1) is 10.1. The number of ether oxygens (including phenoxy) is 1. The Morgan fingerprint density at radius 2 is 1.71 bits per heavy atom. The SMILES string of the molecule is CCCOc1nc(NC)nc(Sc2nc(C)cc(C)n2)n1. The third kappa shape index (κ3) is 4.52. The molecule has 0 aliphatic carbocycles. The molecule has 0 aliphatic rings. The number of anilines is 1. The van der Waals surface area contributed by atoms with Crippen LogP contribution in [0.2, 0.25) is 0 Å². The lowest BCUT2D eigenvalue weighted by Gasteiger charge is -2.07. The van der Waals surface area contributed by atoms with Gasteiger partial charge in [-0.25, -0.2) is 9.97 Å². The van der Waals surface area contributed by atoms with Crippen LogP contribution in [0.1, 0.15) is 24.7 Å². The van der Waals surface area contributed by atoms with Gasteiger partial charge in [-0.15, -0.1) is 0 Å². The molecule has 7 nitrogen and oxygen atoms in total. The summed E-state index contributed by atoms with van der Waals surface area (Å²) in [6.07, 6.45) is 0.892. The fourth-order valence-corrected chi connectivity index (χ4v) is 2.37. The maximum atomic E-state index is 5.47. The molecule has 8 heteroatoms. The van der Waals surface area contributed by atoms with Gasteiger partial charge in [0.2, 0.25) is 11.1 Å². The fraction of sp³-hybridized carbons (Fsp3) is 0.462. The van der Waals surface area contributed by atoms with E-state index in [0.29, 0.717) is 28.9 Å². The Hall–Kier alpha value is -1.96. The van der Waals surface area contributed by atoms with Crippen molar-refractivity contribution in [3.63, 3.8) is 0 Å². The third-order valence-electron chi connectivity index (χ3n) is 2.40. The van der Waals surface area contributed by atoms with Crippen molar-refractivity contribution in [1.29, 1.82) is 0 Å². The quantitative estimate of drug-likeness (QED) is 0.813. The number of aromatic nitrogens is 5. The van der Waals surface area contributed by atoms with Crippen LogP contribution in [0.5, 0.6) is 6.01 Å². The third-order valence-corrected chi connectivity index (χ3v) is 3.13. The van der Waals surface area contributed by atoms with E-state index in [1.165, 1.54) is 11.8 Å². The first kappa shape index (κ1) is 15.4. The summed E-state index contributed by atoms with van der Waals surface area (Å²) in [4.78, 5) is 21.4. The topological polar surface area (TPSA) is 85.7 Å². The largest absolute Gasteiger partial charge is 0.463 e. The van der Waals surface area contributed by atoms with Crippen LogP contribution in [-0.2, 0) is 0 Å². The summed E-state index contributed by atoms with van der Waals surface area (Å²) < 4.78 is 5.47. The van der Waals surface area contributed by atoms with E-state index in [-0.39, 0.29) is 0 Å². The summed E-state index contributed by atoms with van der Waals surface area (Å²) in [5.41, 5.74) is 1.82. The average molecular weight is 306 g/mol. The van der Waals surface area contributed by atoms with Gasteiger partial charge in [-0.3, -0.25) is 0 Å². The van der Waals surface area contributed by atoms with E-state index < -0.39 is 0 Å². The number of nitrogens with zero attached hydrogens (tertiary/aromatic N) is 5. The van der Waals surface area contributed by atoms with Crippen LogP contribution in [0.3, 0.4) is 0 Å². The predicted octanol–water partition coefficient (Wildman–Crippen LogP) is 2.26. The van der Waals surface area contributed by atoms with Crippen molar-refractivity contribution >= 4 is 17.7 Å². The molecule has 2 heterocycles. The predicted molar refractivity (Wildman–Crippen MR) is 80.8 cm³/mol. The summed E-state index contributed by atoms with van der Waals surface area (Å²) in [7, 11) is 1.75. The molecule has 1 N–H and O–H groups in total. The minimum Gasteiger partial charge on any atom is -0.463 e. The summed E-state index contributed by atoms with van der Waals surface area (Å²) in [6.45, 7) is 6.46. The highest BCUT2D eigenvalue weighted by Crippen LogP contribution is 2.23. The Bertz CT molecular complexity index is 601. The van der Waals surface area contributed by atoms with Crippen molar-refractivity contribution in [2.75, 3.05) is 19.0 Å². The molecule has 0 aliphatic heterocycles. The molecule has 0 saturated heterocycles. The second kappa shape index (κ2) is 7.16. The van der Waals surface area contributed by atoms with Crippen molar-refractivity contribution in [3.05, 3.63) is 17.5 Å². The van der Waals surface area contributed by atoms with Crippen LogP contribution >= 0.6 is 11.8 Å². The van der Waals surface area contributed by atoms with Gasteiger partial charge in [0.05, 0.1) is 6.61 Å². The molecule has 21 heavy (non-hydrogen) atoms. The molecular formula is C13H18N6OS. The molecule has 0 atom stereocenters. The molecule has 0 fully saturated rings. The molecule has 2 aromatic rings. The minimum atomic E-state index is 0.308. The Labute approximate surface area is 128 Å². The van der Waals surface area contributed by atoms with Crippen molar-refractivity contribution < 1.29 is 4.74 Å². The van der Waals surface area contributed by atoms with Crippen molar-refractivity contribution in [2.24, 2.45) is 0 Å². The van der Waals surface area contributed by atoms with Gasteiger partial charge in [0, 0.05) is 18.4 Å². The lowest BCUT2D eigenvalue weighted by Crippen LogP contribution is -2.06. The van der Waals surface area contributed by atoms with E-state index in [0.717, 1.165) is 17.8 Å². The fourth-order valence-electron chi connectivity index (χ4n) is 1.57. The van der Waals surface area contributed by atoms with Crippen LogP contribution in [-0.4, -0.2) is 38.6 Å². The number of hydrogen-bond donors (Lipinski definition) is 1. The van der Waals surface area contributed by atoms with Gasteiger partial charge in [-0.1, -0.05) is 6.92 Å². The second-order valence-corrected chi connectivity index (χ2v) is 5.29. The number of nitrogens with one attached hydrogen (secondary N) is 1. The lowest BCUT2D eigenvalue weighted by atomic mass is 10.4. The van der Waals surface area contributed by atoms with Gasteiger partial charge < -0.3 is 10.1 Å². The smallest absolute Gasteiger partial charge is 0.322 e. The maximum absolute atomic E-state index is 5.47. The van der Waals surface area contributed by atoms with Crippen LogP contribution < -0.4 is 10.1 Å². The summed E-state index contributed by atoms with van der Waals surface area (Å²) in [5, 5.41) is 4.01. The molecule has 112 valence electrons. The van der Waals surface area contributed by atoms with Gasteiger partial charge >= 0.3 is 6.01 Å². The number of aryl methyl sites for hydroxylation is 2. The number of rotatable bonds is 6. The Balaban J connectivity index is 2.25. The van der Waals surface area contributed by atoms with E-state index in [4.69, 9.17) is 4.74 Å². The zero-order valence-electron chi connectivity index (χ0n) is 12.5. The Morgan fingerprint density at radius 1 is 1.05 bits per heavy atom. The van der Waals surface area contributed by atoms with E-state index >= 15 is 0 Å². The Morgan fingerprint density at radius 3 is 2.33 bits per heavy atom. The van der Waals surface area contributed by atoms with E-state index in [1.807, 2.05) is 26.8 Å². The van der Waals surface area contributed by atoms with Crippen molar-refractivity contribution in [3.8, 4) is 6.01 Å². The highest BCUT2D eigenvalue weighted by atomic mass is 32.2. The molecule has 0 unspecified atom stereocenters. The molecule has 0 amide bonds. The van der Waals surface area contributed by atoms with E-state index in [9.17, 15) is 0 Å². The Kier molecular flexibility index (Phi) is 5.26. The standard InChI is InChI=1S/C13H18N6OS/c1-5-6-20-11-17-10(14-4)18-13(19-11)21-12-15-8(2)7-9(3)16-12/h7H,5-6H2,1-4H3,(H,14,17,18,19). The van der Waals surface area contributed by atoms with Crippen LogP contribution in [0.25, 0.3) is 0 Å². The highest BCUT2D eigenvalue weighted by molar-refractivity contribution is 7.99. The first-order valence-corrected chi connectivity index (χ1v) is 7.49. The maximum Gasteiger partial charge on any atom is 0.322 e.